The van der Waals surface area contributed by atoms with Crippen molar-refractivity contribution < 1.29 is 0 Å². The van der Waals surface area contributed by atoms with Gasteiger partial charge in [0.2, 0.25) is 0 Å². The predicted molar refractivity (Wildman–Crippen MR) is 73.0 cm³/mol. The molecule has 4 heteroatoms. The van der Waals surface area contributed by atoms with Gasteiger partial charge in [-0.1, -0.05) is 6.07 Å². The maximum atomic E-state index is 4.43. The average molecular weight is 292 g/mol. The first-order chi connectivity index (χ1) is 8.16. The fraction of sp³-hybridized carbons (Fsp3) is 0.231. The summed E-state index contributed by atoms with van der Waals surface area (Å²) in [5.74, 6) is 0.932. The minimum absolute atomic E-state index is 0.746. The molecule has 17 heavy (non-hydrogen) atoms. The van der Waals surface area contributed by atoms with E-state index in [0.717, 1.165) is 28.1 Å². The molecule has 3 nitrogen and oxygen atoms in total. The standard InChI is InChI=1S/C13H14BrN3/c1-10-7-12(14)13(16-8-10)17(2)9-11-5-3-4-6-15-11/h3-8H,9H2,1-2H3. The molecule has 0 fully saturated rings. The van der Waals surface area contributed by atoms with Crippen molar-refractivity contribution in [3.8, 4) is 0 Å². The van der Waals surface area contributed by atoms with Crippen LogP contribution in [0.4, 0.5) is 5.82 Å². The molecule has 0 unspecified atom stereocenters. The van der Waals surface area contributed by atoms with Crippen LogP contribution in [0.3, 0.4) is 0 Å². The second kappa shape index (κ2) is 5.27. The summed E-state index contributed by atoms with van der Waals surface area (Å²) in [6.45, 7) is 2.77. The van der Waals surface area contributed by atoms with Crippen molar-refractivity contribution in [3.63, 3.8) is 0 Å². The van der Waals surface area contributed by atoms with Crippen molar-refractivity contribution in [1.29, 1.82) is 0 Å². The smallest absolute Gasteiger partial charge is 0.142 e. The van der Waals surface area contributed by atoms with Crippen LogP contribution in [0.2, 0.25) is 0 Å². The van der Waals surface area contributed by atoms with Crippen molar-refractivity contribution in [3.05, 3.63) is 52.4 Å². The first-order valence-electron chi connectivity index (χ1n) is 5.40. The van der Waals surface area contributed by atoms with Crippen LogP contribution in [0, 0.1) is 6.92 Å². The van der Waals surface area contributed by atoms with E-state index in [1.807, 2.05) is 38.4 Å². The summed E-state index contributed by atoms with van der Waals surface area (Å²) >= 11 is 3.54. The molecule has 2 aromatic heterocycles. The largest absolute Gasteiger partial charge is 0.353 e. The normalized spacial score (nSPS) is 10.3. The van der Waals surface area contributed by atoms with Crippen LogP contribution in [-0.4, -0.2) is 17.0 Å². The summed E-state index contributed by atoms with van der Waals surface area (Å²) in [5, 5.41) is 0. The lowest BCUT2D eigenvalue weighted by atomic mass is 10.3. The highest BCUT2D eigenvalue weighted by Gasteiger charge is 2.08. The van der Waals surface area contributed by atoms with E-state index in [4.69, 9.17) is 0 Å². The molecule has 0 saturated heterocycles. The Morgan fingerprint density at radius 2 is 2.12 bits per heavy atom. The first kappa shape index (κ1) is 12.0. The van der Waals surface area contributed by atoms with Gasteiger partial charge in [-0.05, 0) is 46.6 Å². The zero-order valence-electron chi connectivity index (χ0n) is 9.89. The fourth-order valence-corrected chi connectivity index (χ4v) is 2.38. The van der Waals surface area contributed by atoms with Crippen molar-refractivity contribution in [2.45, 2.75) is 13.5 Å². The van der Waals surface area contributed by atoms with E-state index in [1.165, 1.54) is 0 Å². The van der Waals surface area contributed by atoms with E-state index >= 15 is 0 Å². The van der Waals surface area contributed by atoms with Gasteiger partial charge in [0.15, 0.2) is 0 Å². The second-order valence-corrected chi connectivity index (χ2v) is 4.85. The van der Waals surface area contributed by atoms with Gasteiger partial charge in [0.05, 0.1) is 16.7 Å². The number of pyridine rings is 2. The van der Waals surface area contributed by atoms with E-state index in [1.54, 1.807) is 6.20 Å². The SMILES string of the molecule is Cc1cnc(N(C)Cc2ccccn2)c(Br)c1. The molecule has 0 aliphatic heterocycles. The lowest BCUT2D eigenvalue weighted by molar-refractivity contribution is 0.861. The summed E-state index contributed by atoms with van der Waals surface area (Å²) in [4.78, 5) is 10.8. The number of aromatic nitrogens is 2. The Bertz CT molecular complexity index is 499. The predicted octanol–water partition coefficient (Wildman–Crippen LogP) is 3.18. The topological polar surface area (TPSA) is 29.0 Å². The number of hydrogen-bond donors (Lipinski definition) is 0. The maximum Gasteiger partial charge on any atom is 0.142 e. The third-order valence-corrected chi connectivity index (χ3v) is 3.03. The Balaban J connectivity index is 2.17. The van der Waals surface area contributed by atoms with Crippen LogP contribution in [-0.2, 0) is 6.54 Å². The lowest BCUT2D eigenvalue weighted by Crippen LogP contribution is -2.18. The number of aryl methyl sites for hydroxylation is 1. The summed E-state index contributed by atoms with van der Waals surface area (Å²) < 4.78 is 1.01. The number of nitrogens with zero attached hydrogens (tertiary/aromatic N) is 3. The van der Waals surface area contributed by atoms with Crippen molar-refractivity contribution in [2.75, 3.05) is 11.9 Å². The molecule has 0 N–H and O–H groups in total. The third kappa shape index (κ3) is 3.03. The average Bonchev–Trinajstić information content (AvgIpc) is 2.30. The number of hydrogen-bond acceptors (Lipinski definition) is 3. The highest BCUT2D eigenvalue weighted by atomic mass is 79.9. The molecule has 0 saturated carbocycles. The van der Waals surface area contributed by atoms with E-state index in [0.29, 0.717) is 0 Å². The Kier molecular flexibility index (Phi) is 3.74. The molecule has 2 heterocycles. The summed E-state index contributed by atoms with van der Waals surface area (Å²) in [5.41, 5.74) is 2.18. The molecule has 0 bridgehead atoms. The minimum atomic E-state index is 0.746. The van der Waals surface area contributed by atoms with Crippen molar-refractivity contribution in [1.82, 2.24) is 9.97 Å². The molecular weight excluding hydrogens is 278 g/mol. The van der Waals surface area contributed by atoms with Crippen LogP contribution >= 0.6 is 15.9 Å². The Morgan fingerprint density at radius 1 is 1.29 bits per heavy atom. The molecule has 0 atom stereocenters. The molecule has 0 amide bonds. The second-order valence-electron chi connectivity index (χ2n) is 4.00. The molecule has 0 aliphatic carbocycles. The van der Waals surface area contributed by atoms with Gasteiger partial charge in [0.25, 0.3) is 0 Å². The van der Waals surface area contributed by atoms with Crippen LogP contribution < -0.4 is 4.90 Å². The maximum absolute atomic E-state index is 4.43. The van der Waals surface area contributed by atoms with E-state index in [2.05, 4.69) is 36.9 Å². The molecule has 0 aliphatic rings. The number of rotatable bonds is 3. The van der Waals surface area contributed by atoms with Gasteiger partial charge < -0.3 is 4.90 Å². The molecule has 88 valence electrons. The van der Waals surface area contributed by atoms with Gasteiger partial charge in [0, 0.05) is 19.4 Å². The van der Waals surface area contributed by atoms with E-state index in [-0.39, 0.29) is 0 Å². The van der Waals surface area contributed by atoms with Gasteiger partial charge in [-0.2, -0.15) is 0 Å². The minimum Gasteiger partial charge on any atom is -0.353 e. The van der Waals surface area contributed by atoms with Crippen LogP contribution in [0.15, 0.2) is 41.1 Å². The van der Waals surface area contributed by atoms with Crippen molar-refractivity contribution >= 4 is 21.7 Å². The molecule has 2 rings (SSSR count). The summed E-state index contributed by atoms with van der Waals surface area (Å²) in [7, 11) is 2.01. The monoisotopic (exact) mass is 291 g/mol. The third-order valence-electron chi connectivity index (χ3n) is 2.45. The Morgan fingerprint density at radius 3 is 2.76 bits per heavy atom. The van der Waals surface area contributed by atoms with Gasteiger partial charge in [0.1, 0.15) is 5.82 Å². The van der Waals surface area contributed by atoms with Gasteiger partial charge in [-0.25, -0.2) is 4.98 Å². The summed E-state index contributed by atoms with van der Waals surface area (Å²) in [6.07, 6.45) is 3.68. The molecule has 0 aromatic carbocycles. The number of anilines is 1. The van der Waals surface area contributed by atoms with Gasteiger partial charge in [-0.3, -0.25) is 4.98 Å². The summed E-state index contributed by atoms with van der Waals surface area (Å²) in [6, 6.07) is 7.99. The Labute approximate surface area is 110 Å². The van der Waals surface area contributed by atoms with E-state index in [9.17, 15) is 0 Å². The van der Waals surface area contributed by atoms with Crippen LogP contribution in [0.5, 0.6) is 0 Å². The van der Waals surface area contributed by atoms with Crippen molar-refractivity contribution in [2.24, 2.45) is 0 Å². The van der Waals surface area contributed by atoms with Crippen LogP contribution in [0.25, 0.3) is 0 Å². The fourth-order valence-electron chi connectivity index (χ4n) is 1.62. The molecule has 0 spiro atoms. The highest BCUT2D eigenvalue weighted by molar-refractivity contribution is 9.10. The number of halogens is 1. The lowest BCUT2D eigenvalue weighted by Gasteiger charge is -2.19. The van der Waals surface area contributed by atoms with Gasteiger partial charge in [-0.15, -0.1) is 0 Å². The molecular formula is C13H14BrN3. The Hall–Kier alpha value is -1.42. The zero-order valence-corrected chi connectivity index (χ0v) is 11.5. The van der Waals surface area contributed by atoms with E-state index < -0.39 is 0 Å². The molecule has 0 radical (unpaired) electrons. The zero-order chi connectivity index (χ0) is 12.3. The van der Waals surface area contributed by atoms with Crippen LogP contribution in [0.1, 0.15) is 11.3 Å². The molecule has 2 aromatic rings. The highest BCUT2D eigenvalue weighted by Crippen LogP contribution is 2.24. The first-order valence-corrected chi connectivity index (χ1v) is 6.19. The quantitative estimate of drug-likeness (QED) is 0.870. The van der Waals surface area contributed by atoms with Gasteiger partial charge >= 0.3 is 0 Å².